The third-order valence-electron chi connectivity index (χ3n) is 4.08. The van der Waals surface area contributed by atoms with Gasteiger partial charge in [-0.25, -0.2) is 8.42 Å². The van der Waals surface area contributed by atoms with Crippen LogP contribution in [-0.4, -0.2) is 47.6 Å². The molecule has 26 heavy (non-hydrogen) atoms. The molecule has 0 aliphatic carbocycles. The molecule has 0 saturated carbocycles. The van der Waals surface area contributed by atoms with Crippen molar-refractivity contribution in [1.29, 1.82) is 5.26 Å². The summed E-state index contributed by atoms with van der Waals surface area (Å²) in [5, 5.41) is 9.12. The molecule has 1 heterocycles. The van der Waals surface area contributed by atoms with Crippen LogP contribution in [0.4, 0.5) is 0 Å². The third kappa shape index (κ3) is 5.53. The van der Waals surface area contributed by atoms with Gasteiger partial charge in [0.1, 0.15) is 10.8 Å². The van der Waals surface area contributed by atoms with Crippen LogP contribution in [-0.2, 0) is 14.8 Å². The highest BCUT2D eigenvalue weighted by Crippen LogP contribution is 2.24. The summed E-state index contributed by atoms with van der Waals surface area (Å²) in [7, 11) is -3.60. The van der Waals surface area contributed by atoms with E-state index < -0.39 is 15.9 Å². The first-order valence-corrected chi connectivity index (χ1v) is 11.3. The second-order valence-electron chi connectivity index (χ2n) is 5.84. The average Bonchev–Trinajstić information content (AvgIpc) is 2.63. The molecule has 0 fully saturated rings. The molecule has 0 radical (unpaired) electrons. The number of carbonyl (C=O) groups excluding carboxylic acids is 1. The fourth-order valence-electron chi connectivity index (χ4n) is 2.42. The van der Waals surface area contributed by atoms with Crippen LogP contribution < -0.4 is 0 Å². The second kappa shape index (κ2) is 10.7. The van der Waals surface area contributed by atoms with Gasteiger partial charge in [0.15, 0.2) is 5.78 Å². The highest BCUT2D eigenvalue weighted by molar-refractivity contribution is 8.00. The van der Waals surface area contributed by atoms with Gasteiger partial charge in [-0.3, -0.25) is 9.78 Å². The first kappa shape index (κ1) is 22.6. The molecular weight excluding hydrogens is 370 g/mol. The molecule has 0 spiro atoms. The second-order valence-corrected chi connectivity index (χ2v) is 9.23. The number of hydrogen-bond donors (Lipinski definition) is 0. The lowest BCUT2D eigenvalue weighted by Crippen LogP contribution is -2.30. The van der Waals surface area contributed by atoms with Gasteiger partial charge in [-0.05, 0) is 31.2 Å². The maximum absolute atomic E-state index is 12.5. The Morgan fingerprint density at radius 1 is 1.31 bits per heavy atom. The number of aromatic nitrogens is 1. The van der Waals surface area contributed by atoms with Gasteiger partial charge < -0.3 is 0 Å². The normalized spacial score (nSPS) is 14.0. The highest BCUT2D eigenvalue weighted by atomic mass is 32.2. The van der Waals surface area contributed by atoms with Gasteiger partial charge in [-0.15, -0.1) is 0 Å². The van der Waals surface area contributed by atoms with Crippen LogP contribution in [0.3, 0.4) is 0 Å². The molecule has 0 saturated heterocycles. The smallest absolute Gasteiger partial charge is 0.244 e. The number of hydrogen-bond acceptors (Lipinski definition) is 6. The van der Waals surface area contributed by atoms with Crippen molar-refractivity contribution < 1.29 is 13.2 Å². The Bertz CT molecular complexity index is 723. The Hall–Kier alpha value is -1.43. The van der Waals surface area contributed by atoms with E-state index in [1.165, 1.54) is 34.4 Å². The third-order valence-corrected chi connectivity index (χ3v) is 7.37. The number of carbonyl (C=O) groups is 1. The predicted molar refractivity (Wildman–Crippen MR) is 105 cm³/mol. The van der Waals surface area contributed by atoms with Crippen molar-refractivity contribution in [3.63, 3.8) is 0 Å². The minimum atomic E-state index is -3.60. The molecule has 2 atom stereocenters. The van der Waals surface area contributed by atoms with Gasteiger partial charge in [0.25, 0.3) is 0 Å². The van der Waals surface area contributed by atoms with E-state index in [0.29, 0.717) is 18.8 Å². The molecule has 6 nitrogen and oxygen atoms in total. The fourth-order valence-corrected chi connectivity index (χ4v) is 4.94. The molecule has 8 heteroatoms. The lowest BCUT2D eigenvalue weighted by Gasteiger charge is -2.18. The Morgan fingerprint density at radius 2 is 1.96 bits per heavy atom. The van der Waals surface area contributed by atoms with Crippen molar-refractivity contribution >= 4 is 27.6 Å². The van der Waals surface area contributed by atoms with Crippen molar-refractivity contribution in [2.75, 3.05) is 18.8 Å². The van der Waals surface area contributed by atoms with E-state index in [4.69, 9.17) is 0 Å². The van der Waals surface area contributed by atoms with Gasteiger partial charge in [0.2, 0.25) is 10.0 Å². The van der Waals surface area contributed by atoms with Gasteiger partial charge >= 0.3 is 0 Å². The van der Waals surface area contributed by atoms with Gasteiger partial charge in [-0.2, -0.15) is 21.3 Å². The molecule has 0 unspecified atom stereocenters. The summed E-state index contributed by atoms with van der Waals surface area (Å²) in [6, 6.07) is 4.89. The molecule has 1 aromatic rings. The number of thioether (sulfide) groups is 1. The van der Waals surface area contributed by atoms with E-state index in [-0.39, 0.29) is 15.9 Å². The molecule has 0 amide bonds. The molecule has 1 aromatic heterocycles. The number of nitriles is 1. The van der Waals surface area contributed by atoms with E-state index >= 15 is 0 Å². The molecule has 0 aromatic carbocycles. The Morgan fingerprint density at radius 3 is 2.42 bits per heavy atom. The number of ketones is 1. The van der Waals surface area contributed by atoms with Gasteiger partial charge in [0, 0.05) is 19.3 Å². The number of nitrogens with zero attached hydrogens (tertiary/aromatic N) is 3. The van der Waals surface area contributed by atoms with Crippen LogP contribution in [0.25, 0.3) is 0 Å². The average molecular weight is 398 g/mol. The van der Waals surface area contributed by atoms with Crippen LogP contribution in [0.2, 0.25) is 0 Å². The fraction of sp³-hybridized carbons (Fsp3) is 0.611. The quantitative estimate of drug-likeness (QED) is 0.533. The Labute approximate surface area is 161 Å². The zero-order valence-electron chi connectivity index (χ0n) is 15.8. The van der Waals surface area contributed by atoms with Crippen LogP contribution >= 0.6 is 11.8 Å². The molecule has 0 N–H and O–H groups in total. The van der Waals surface area contributed by atoms with Crippen molar-refractivity contribution in [3.05, 3.63) is 24.0 Å². The number of unbranched alkanes of at least 4 members (excludes halogenated alkanes) is 1. The summed E-state index contributed by atoms with van der Waals surface area (Å²) < 4.78 is 26.3. The first-order valence-electron chi connectivity index (χ1n) is 8.84. The van der Waals surface area contributed by atoms with Crippen LogP contribution in [0, 0.1) is 11.3 Å². The molecule has 0 bridgehead atoms. The zero-order valence-corrected chi connectivity index (χ0v) is 17.4. The van der Waals surface area contributed by atoms with E-state index in [1.807, 2.05) is 6.07 Å². The molecule has 1 rings (SSSR count). The lowest BCUT2D eigenvalue weighted by atomic mass is 9.99. The SMILES string of the molecule is CCCCS[C@H](C)C(=O)[C@@H](C#N)c1ccc(S(=O)(=O)N(CC)CC)cn1. The summed E-state index contributed by atoms with van der Waals surface area (Å²) in [5.74, 6) is -0.305. The van der Waals surface area contributed by atoms with E-state index in [1.54, 1.807) is 20.8 Å². The van der Waals surface area contributed by atoms with Crippen LogP contribution in [0.5, 0.6) is 0 Å². The Balaban J connectivity index is 2.98. The number of pyridine rings is 1. The highest BCUT2D eigenvalue weighted by Gasteiger charge is 2.28. The molecular formula is C18H27N3O3S2. The first-order chi connectivity index (χ1) is 12.3. The Kier molecular flexibility index (Phi) is 9.27. The maximum Gasteiger partial charge on any atom is 0.244 e. The van der Waals surface area contributed by atoms with Crippen molar-refractivity contribution in [2.24, 2.45) is 0 Å². The summed E-state index contributed by atoms with van der Waals surface area (Å²) >= 11 is 1.53. The maximum atomic E-state index is 12.5. The minimum absolute atomic E-state index is 0.0689. The van der Waals surface area contributed by atoms with Crippen molar-refractivity contribution in [2.45, 2.75) is 56.6 Å². The molecule has 144 valence electrons. The van der Waals surface area contributed by atoms with E-state index in [0.717, 1.165) is 18.6 Å². The number of sulfonamides is 1. The standard InChI is InChI=1S/C18H27N3O3S2/c1-5-8-11-25-14(4)18(22)16(12-19)17-10-9-15(13-20-17)26(23,24)21(6-2)7-3/h9-10,13-14,16H,5-8,11H2,1-4H3/t14-,16+/m1/s1. The van der Waals surface area contributed by atoms with E-state index in [9.17, 15) is 18.5 Å². The number of Topliss-reactive ketones (excluding diaryl/α,β-unsaturated/α-hetero) is 1. The van der Waals surface area contributed by atoms with Crippen molar-refractivity contribution in [3.8, 4) is 6.07 Å². The summed E-state index contributed by atoms with van der Waals surface area (Å²) in [4.78, 5) is 16.7. The van der Waals surface area contributed by atoms with Gasteiger partial charge in [-0.1, -0.05) is 27.2 Å². The lowest BCUT2D eigenvalue weighted by molar-refractivity contribution is -0.118. The zero-order chi connectivity index (χ0) is 19.7. The molecule has 0 aliphatic heterocycles. The van der Waals surface area contributed by atoms with Crippen LogP contribution in [0.1, 0.15) is 52.1 Å². The minimum Gasteiger partial charge on any atom is -0.297 e. The van der Waals surface area contributed by atoms with Crippen LogP contribution in [0.15, 0.2) is 23.2 Å². The van der Waals surface area contributed by atoms with Gasteiger partial charge in [0.05, 0.1) is 17.0 Å². The van der Waals surface area contributed by atoms with Crippen molar-refractivity contribution in [1.82, 2.24) is 9.29 Å². The largest absolute Gasteiger partial charge is 0.297 e. The monoisotopic (exact) mass is 397 g/mol. The molecule has 0 aliphatic rings. The summed E-state index contributed by atoms with van der Waals surface area (Å²) in [5.41, 5.74) is 0.291. The summed E-state index contributed by atoms with van der Waals surface area (Å²) in [6.07, 6.45) is 3.31. The topological polar surface area (TPSA) is 91.1 Å². The predicted octanol–water partition coefficient (Wildman–Crippen LogP) is 3.21. The number of rotatable bonds is 11. The summed E-state index contributed by atoms with van der Waals surface area (Å²) in [6.45, 7) is 8.16. The van der Waals surface area contributed by atoms with E-state index in [2.05, 4.69) is 11.9 Å².